The number of amides is 2. The molecular formula is C25H34N4O6. The van der Waals surface area contributed by atoms with E-state index in [9.17, 15) is 19.5 Å². The van der Waals surface area contributed by atoms with E-state index in [1.165, 1.54) is 30.2 Å². The Hall–Kier alpha value is -3.76. The number of hydrogen-bond acceptors (Lipinski definition) is 7. The number of hydrogen-bond donors (Lipinski definition) is 4. The molecule has 10 nitrogen and oxygen atoms in total. The number of allylic oxidation sites excluding steroid dienone is 3. The summed E-state index contributed by atoms with van der Waals surface area (Å²) in [5, 5.41) is 20.5. The van der Waals surface area contributed by atoms with Crippen LogP contribution in [0.25, 0.3) is 0 Å². The minimum atomic E-state index is -1.46. The summed E-state index contributed by atoms with van der Waals surface area (Å²) in [6.07, 6.45) is 3.20. The number of carbonyl (C=O) groups excluding carboxylic acids is 3. The molecule has 0 aliphatic heterocycles. The summed E-state index contributed by atoms with van der Waals surface area (Å²) in [4.78, 5) is 37.3. The Kier molecular flexibility index (Phi) is 12.1. The quantitative estimate of drug-likeness (QED) is 0.0783. The van der Waals surface area contributed by atoms with E-state index < -0.39 is 24.1 Å². The Labute approximate surface area is 205 Å². The van der Waals surface area contributed by atoms with E-state index in [1.807, 2.05) is 6.92 Å². The number of rotatable bonds is 14. The van der Waals surface area contributed by atoms with Crippen molar-refractivity contribution in [1.29, 1.82) is 5.41 Å². The first-order chi connectivity index (χ1) is 16.6. The van der Waals surface area contributed by atoms with E-state index in [0.29, 0.717) is 35.3 Å². The average Bonchev–Trinajstić information content (AvgIpc) is 2.83. The van der Waals surface area contributed by atoms with Crippen molar-refractivity contribution >= 4 is 29.8 Å². The molecule has 2 atom stereocenters. The molecule has 0 heterocycles. The summed E-state index contributed by atoms with van der Waals surface area (Å²) in [5.41, 5.74) is 8.00. The van der Waals surface area contributed by atoms with Gasteiger partial charge < -0.3 is 30.5 Å². The molecule has 0 aliphatic carbocycles. The Balaban J connectivity index is 2.75. The third kappa shape index (κ3) is 8.84. The number of aliphatic hydroxyl groups excluding tert-OH is 1. The van der Waals surface area contributed by atoms with Crippen LogP contribution < -0.4 is 11.1 Å². The van der Waals surface area contributed by atoms with Crippen molar-refractivity contribution in [2.45, 2.75) is 39.4 Å². The summed E-state index contributed by atoms with van der Waals surface area (Å²) in [7, 11) is 1.26. The van der Waals surface area contributed by atoms with Gasteiger partial charge in [-0.25, -0.2) is 4.79 Å². The van der Waals surface area contributed by atoms with Crippen LogP contribution in [0.15, 0.2) is 54.3 Å². The highest BCUT2D eigenvalue weighted by molar-refractivity contribution is 5.98. The van der Waals surface area contributed by atoms with Crippen molar-refractivity contribution in [3.05, 3.63) is 65.4 Å². The van der Waals surface area contributed by atoms with Gasteiger partial charge in [0.15, 0.2) is 6.10 Å². The molecule has 1 rings (SSSR count). The first-order valence-corrected chi connectivity index (χ1v) is 11.0. The van der Waals surface area contributed by atoms with Crippen LogP contribution in [0.3, 0.4) is 0 Å². The second-order valence-corrected chi connectivity index (χ2v) is 7.59. The largest absolute Gasteiger partial charge is 0.465 e. The first kappa shape index (κ1) is 29.3. The van der Waals surface area contributed by atoms with E-state index in [0.717, 1.165) is 0 Å². The number of aryl methyl sites for hydroxylation is 1. The standard InChI is InChI=1S/C25H34N4O6/c1-6-8-18(25(33)34-5)14-20(7-2)29(15-30)11-12-35-17(4)22(31)24(32)28-19-9-10-21(23(26)27)16(3)13-19/h6,8-10,13-15,17,22,31H,1,7,11-12H2,2-5H3,(H3,26,27)(H,28,32)/b18-8+,20-14+. The highest BCUT2D eigenvalue weighted by Gasteiger charge is 2.24. The second-order valence-electron chi connectivity index (χ2n) is 7.59. The lowest BCUT2D eigenvalue weighted by molar-refractivity contribution is -0.135. The molecule has 2 amide bonds. The predicted octanol–water partition coefficient (Wildman–Crippen LogP) is 2.02. The number of nitrogen functional groups attached to an aromatic ring is 1. The van der Waals surface area contributed by atoms with Gasteiger partial charge in [0.2, 0.25) is 6.41 Å². The van der Waals surface area contributed by atoms with Crippen molar-refractivity contribution in [3.8, 4) is 0 Å². The van der Waals surface area contributed by atoms with Gasteiger partial charge in [-0.1, -0.05) is 19.6 Å². The van der Waals surface area contributed by atoms with Crippen molar-refractivity contribution in [3.63, 3.8) is 0 Å². The Bertz CT molecular complexity index is 1000. The number of nitrogens with two attached hydrogens (primary N) is 1. The number of benzene rings is 1. The molecule has 0 aromatic heterocycles. The zero-order chi connectivity index (χ0) is 26.5. The third-order valence-electron chi connectivity index (χ3n) is 5.11. The van der Waals surface area contributed by atoms with Crippen LogP contribution in [0.4, 0.5) is 5.69 Å². The number of ether oxygens (including phenoxy) is 2. The summed E-state index contributed by atoms with van der Waals surface area (Å²) in [5.74, 6) is -1.30. The van der Waals surface area contributed by atoms with Gasteiger partial charge in [0.1, 0.15) is 5.84 Å². The van der Waals surface area contributed by atoms with E-state index in [4.69, 9.17) is 20.6 Å². The molecule has 0 bridgehead atoms. The topological polar surface area (TPSA) is 155 Å². The average molecular weight is 487 g/mol. The maximum atomic E-state index is 12.4. The summed E-state index contributed by atoms with van der Waals surface area (Å²) in [6.45, 7) is 8.86. The fourth-order valence-corrected chi connectivity index (χ4v) is 3.15. The molecular weight excluding hydrogens is 452 g/mol. The molecule has 0 aliphatic rings. The molecule has 0 fully saturated rings. The van der Waals surface area contributed by atoms with Crippen LogP contribution in [-0.4, -0.2) is 66.6 Å². The SMILES string of the molecule is C=C/C=C(\C=C(/CC)N(C=O)CCOC(C)C(O)C(=O)Nc1ccc(C(=N)N)c(C)c1)C(=O)OC. The summed E-state index contributed by atoms with van der Waals surface area (Å²) in [6, 6.07) is 4.85. The van der Waals surface area contributed by atoms with Crippen LogP contribution in [0.1, 0.15) is 31.4 Å². The minimum Gasteiger partial charge on any atom is -0.465 e. The normalized spacial score (nSPS) is 13.4. The van der Waals surface area contributed by atoms with Gasteiger partial charge in [-0.05, 0) is 56.2 Å². The Morgan fingerprint density at radius 3 is 2.57 bits per heavy atom. The molecule has 0 saturated carbocycles. The molecule has 35 heavy (non-hydrogen) atoms. The fourth-order valence-electron chi connectivity index (χ4n) is 3.15. The van der Waals surface area contributed by atoms with Gasteiger partial charge >= 0.3 is 5.97 Å². The zero-order valence-corrected chi connectivity index (χ0v) is 20.5. The maximum absolute atomic E-state index is 12.4. The Morgan fingerprint density at radius 2 is 2.06 bits per heavy atom. The van der Waals surface area contributed by atoms with Crippen molar-refractivity contribution in [1.82, 2.24) is 4.90 Å². The number of esters is 1. The number of aliphatic hydroxyl groups is 1. The van der Waals surface area contributed by atoms with E-state index in [2.05, 4.69) is 11.9 Å². The first-order valence-electron chi connectivity index (χ1n) is 11.0. The lowest BCUT2D eigenvalue weighted by atomic mass is 10.1. The maximum Gasteiger partial charge on any atom is 0.337 e. The van der Waals surface area contributed by atoms with Gasteiger partial charge in [-0.15, -0.1) is 0 Å². The molecule has 2 unspecified atom stereocenters. The second kappa shape index (κ2) is 14.5. The Morgan fingerprint density at radius 1 is 1.37 bits per heavy atom. The van der Waals surface area contributed by atoms with E-state index >= 15 is 0 Å². The van der Waals surface area contributed by atoms with Gasteiger partial charge in [-0.2, -0.15) is 0 Å². The molecule has 0 radical (unpaired) electrons. The number of anilines is 1. The molecule has 10 heteroatoms. The molecule has 0 saturated heterocycles. The summed E-state index contributed by atoms with van der Waals surface area (Å²) >= 11 is 0. The molecule has 1 aromatic carbocycles. The molecule has 1 aromatic rings. The molecule has 5 N–H and O–H groups in total. The molecule has 0 spiro atoms. The van der Waals surface area contributed by atoms with E-state index in [-0.39, 0.29) is 24.6 Å². The van der Waals surface area contributed by atoms with Crippen molar-refractivity contribution < 1.29 is 29.0 Å². The van der Waals surface area contributed by atoms with Gasteiger partial charge in [-0.3, -0.25) is 15.0 Å². The smallest absolute Gasteiger partial charge is 0.337 e. The summed E-state index contributed by atoms with van der Waals surface area (Å²) < 4.78 is 10.3. The lowest BCUT2D eigenvalue weighted by Gasteiger charge is -2.23. The fraction of sp³-hybridized carbons (Fsp3) is 0.360. The van der Waals surface area contributed by atoms with Crippen molar-refractivity contribution in [2.24, 2.45) is 5.73 Å². The van der Waals surface area contributed by atoms with Gasteiger partial charge in [0.25, 0.3) is 5.91 Å². The monoisotopic (exact) mass is 486 g/mol. The highest BCUT2D eigenvalue weighted by atomic mass is 16.5. The number of nitrogens with zero attached hydrogens (tertiary/aromatic N) is 1. The van der Waals surface area contributed by atoms with Crippen LogP contribution >= 0.6 is 0 Å². The van der Waals surface area contributed by atoms with E-state index in [1.54, 1.807) is 32.0 Å². The number of carbonyl (C=O) groups is 3. The molecule has 190 valence electrons. The number of amidine groups is 1. The third-order valence-corrected chi connectivity index (χ3v) is 5.11. The van der Waals surface area contributed by atoms with Crippen LogP contribution in [0.5, 0.6) is 0 Å². The highest BCUT2D eigenvalue weighted by Crippen LogP contribution is 2.16. The predicted molar refractivity (Wildman–Crippen MR) is 134 cm³/mol. The van der Waals surface area contributed by atoms with Gasteiger partial charge in [0.05, 0.1) is 25.4 Å². The van der Waals surface area contributed by atoms with Gasteiger partial charge in [0, 0.05) is 23.5 Å². The number of nitrogens with one attached hydrogen (secondary N) is 2. The number of methoxy groups -OCH3 is 1. The zero-order valence-electron chi connectivity index (χ0n) is 20.5. The minimum absolute atomic E-state index is 0.0345. The van der Waals surface area contributed by atoms with Crippen molar-refractivity contribution in [2.75, 3.05) is 25.6 Å². The lowest BCUT2D eigenvalue weighted by Crippen LogP contribution is -2.39. The van der Waals surface area contributed by atoms with Crippen LogP contribution in [0.2, 0.25) is 0 Å². The van der Waals surface area contributed by atoms with Crippen LogP contribution in [-0.2, 0) is 23.9 Å². The van der Waals surface area contributed by atoms with Crippen LogP contribution in [0, 0.1) is 12.3 Å².